The molecule has 3 rings (SSSR count). The van der Waals surface area contributed by atoms with Crippen LogP contribution in [-0.2, 0) is 6.54 Å². The Hall–Kier alpha value is -1.81. The predicted octanol–water partition coefficient (Wildman–Crippen LogP) is 2.73. The average molecular weight is 229 g/mol. The molecule has 0 atom stereocenters. The van der Waals surface area contributed by atoms with E-state index in [0.717, 1.165) is 17.4 Å². The van der Waals surface area contributed by atoms with Gasteiger partial charge in [-0.1, -0.05) is 12.1 Å². The third kappa shape index (κ3) is 1.47. The molecule has 2 heterocycles. The Balaban J connectivity index is 2.10. The van der Waals surface area contributed by atoms with Gasteiger partial charge in [0.15, 0.2) is 5.82 Å². The smallest absolute Gasteiger partial charge is 0.153 e. The Labute approximate surface area is 97.1 Å². The summed E-state index contributed by atoms with van der Waals surface area (Å²) in [6.07, 6.45) is 0. The largest absolute Gasteiger partial charge is 0.382 e. The third-order valence-corrected chi connectivity index (χ3v) is 3.33. The summed E-state index contributed by atoms with van der Waals surface area (Å²) in [6, 6.07) is 10.1. The SMILES string of the molecule is Nc1nn(Cc2ccsc2)c2ccccc12. The fourth-order valence-corrected chi connectivity index (χ4v) is 2.49. The molecular weight excluding hydrogens is 218 g/mol. The van der Waals surface area contributed by atoms with Crippen LogP contribution in [0.4, 0.5) is 5.82 Å². The number of nitrogen functional groups attached to an aromatic ring is 1. The first kappa shape index (κ1) is 9.42. The van der Waals surface area contributed by atoms with Crippen LogP contribution in [0.15, 0.2) is 41.1 Å². The van der Waals surface area contributed by atoms with Crippen molar-refractivity contribution in [1.82, 2.24) is 9.78 Å². The number of hydrogen-bond donors (Lipinski definition) is 1. The fourth-order valence-electron chi connectivity index (χ4n) is 1.83. The van der Waals surface area contributed by atoms with Crippen LogP contribution in [-0.4, -0.2) is 9.78 Å². The molecule has 0 unspecified atom stereocenters. The van der Waals surface area contributed by atoms with E-state index in [1.165, 1.54) is 5.56 Å². The second-order valence-electron chi connectivity index (χ2n) is 3.69. The summed E-state index contributed by atoms with van der Waals surface area (Å²) in [5.41, 5.74) is 8.23. The second kappa shape index (κ2) is 3.64. The van der Waals surface area contributed by atoms with Gasteiger partial charge in [-0.25, -0.2) is 0 Å². The molecule has 0 aliphatic carbocycles. The van der Waals surface area contributed by atoms with E-state index in [1.807, 2.05) is 28.9 Å². The van der Waals surface area contributed by atoms with Gasteiger partial charge in [0, 0.05) is 5.39 Å². The van der Waals surface area contributed by atoms with E-state index in [0.29, 0.717) is 5.82 Å². The van der Waals surface area contributed by atoms with Gasteiger partial charge in [-0.3, -0.25) is 4.68 Å². The van der Waals surface area contributed by atoms with Crippen molar-refractivity contribution in [1.29, 1.82) is 0 Å². The van der Waals surface area contributed by atoms with Gasteiger partial charge in [0.25, 0.3) is 0 Å². The van der Waals surface area contributed by atoms with Crippen LogP contribution in [0.5, 0.6) is 0 Å². The van der Waals surface area contributed by atoms with Gasteiger partial charge in [0.05, 0.1) is 12.1 Å². The second-order valence-corrected chi connectivity index (χ2v) is 4.47. The van der Waals surface area contributed by atoms with Crippen molar-refractivity contribution in [3.05, 3.63) is 46.7 Å². The quantitative estimate of drug-likeness (QED) is 0.734. The Kier molecular flexibility index (Phi) is 2.15. The third-order valence-electron chi connectivity index (χ3n) is 2.60. The van der Waals surface area contributed by atoms with Crippen molar-refractivity contribution in [2.75, 3.05) is 5.73 Å². The maximum atomic E-state index is 5.88. The van der Waals surface area contributed by atoms with Crippen LogP contribution in [0.3, 0.4) is 0 Å². The highest BCUT2D eigenvalue weighted by Crippen LogP contribution is 2.21. The summed E-state index contributed by atoms with van der Waals surface area (Å²) >= 11 is 1.70. The van der Waals surface area contributed by atoms with Crippen molar-refractivity contribution in [3.8, 4) is 0 Å². The van der Waals surface area contributed by atoms with E-state index in [9.17, 15) is 0 Å². The summed E-state index contributed by atoms with van der Waals surface area (Å²) in [4.78, 5) is 0. The van der Waals surface area contributed by atoms with Gasteiger partial charge < -0.3 is 5.73 Å². The standard InChI is InChI=1S/C12H11N3S/c13-12-10-3-1-2-4-11(10)15(14-12)7-9-5-6-16-8-9/h1-6,8H,7H2,(H2,13,14). The number of nitrogens with two attached hydrogens (primary N) is 1. The molecule has 0 aliphatic rings. The highest BCUT2D eigenvalue weighted by atomic mass is 32.1. The van der Waals surface area contributed by atoms with Gasteiger partial charge in [0.2, 0.25) is 0 Å². The molecule has 3 nitrogen and oxygen atoms in total. The van der Waals surface area contributed by atoms with Gasteiger partial charge in [-0.05, 0) is 34.5 Å². The molecule has 0 saturated heterocycles. The van der Waals surface area contributed by atoms with Gasteiger partial charge in [0.1, 0.15) is 0 Å². The van der Waals surface area contributed by atoms with Crippen LogP contribution in [0.25, 0.3) is 10.9 Å². The lowest BCUT2D eigenvalue weighted by Crippen LogP contribution is -2.00. The van der Waals surface area contributed by atoms with E-state index >= 15 is 0 Å². The van der Waals surface area contributed by atoms with Crippen LogP contribution < -0.4 is 5.73 Å². The first-order valence-corrected chi connectivity index (χ1v) is 6.01. The van der Waals surface area contributed by atoms with Gasteiger partial charge in [-0.15, -0.1) is 0 Å². The molecule has 0 bridgehead atoms. The molecule has 16 heavy (non-hydrogen) atoms. The molecule has 0 amide bonds. The first-order chi connectivity index (χ1) is 7.84. The van der Waals surface area contributed by atoms with E-state index in [4.69, 9.17) is 5.73 Å². The lowest BCUT2D eigenvalue weighted by Gasteiger charge is -2.00. The zero-order valence-electron chi connectivity index (χ0n) is 8.63. The van der Waals surface area contributed by atoms with Crippen LogP contribution in [0.2, 0.25) is 0 Å². The highest BCUT2D eigenvalue weighted by molar-refractivity contribution is 7.07. The predicted molar refractivity (Wildman–Crippen MR) is 67.6 cm³/mol. The van der Waals surface area contributed by atoms with E-state index in [-0.39, 0.29) is 0 Å². The monoisotopic (exact) mass is 229 g/mol. The van der Waals surface area contributed by atoms with Crippen molar-refractivity contribution in [2.24, 2.45) is 0 Å². The van der Waals surface area contributed by atoms with E-state index < -0.39 is 0 Å². The number of fused-ring (bicyclic) bond motifs is 1. The van der Waals surface area contributed by atoms with Crippen molar-refractivity contribution >= 4 is 28.1 Å². The lowest BCUT2D eigenvalue weighted by atomic mass is 10.2. The maximum Gasteiger partial charge on any atom is 0.153 e. The summed E-state index contributed by atoms with van der Waals surface area (Å²) in [5, 5.41) is 9.59. The molecule has 0 radical (unpaired) electrons. The van der Waals surface area contributed by atoms with Crippen molar-refractivity contribution in [3.63, 3.8) is 0 Å². The van der Waals surface area contributed by atoms with E-state index in [1.54, 1.807) is 11.3 Å². The summed E-state index contributed by atoms with van der Waals surface area (Å²) in [5.74, 6) is 0.603. The average Bonchev–Trinajstić information content (AvgIpc) is 2.90. The summed E-state index contributed by atoms with van der Waals surface area (Å²) in [7, 11) is 0. The van der Waals surface area contributed by atoms with Crippen molar-refractivity contribution < 1.29 is 0 Å². The molecule has 0 spiro atoms. The molecule has 0 aliphatic heterocycles. The Morgan fingerprint density at radius 2 is 2.12 bits per heavy atom. The van der Waals surface area contributed by atoms with Crippen LogP contribution in [0.1, 0.15) is 5.56 Å². The molecule has 80 valence electrons. The number of aromatic nitrogens is 2. The lowest BCUT2D eigenvalue weighted by molar-refractivity contribution is 0.718. The molecule has 1 aromatic carbocycles. The summed E-state index contributed by atoms with van der Waals surface area (Å²) in [6.45, 7) is 0.779. The Bertz CT molecular complexity index is 610. The Morgan fingerprint density at radius 1 is 1.25 bits per heavy atom. The van der Waals surface area contributed by atoms with Crippen LogP contribution >= 0.6 is 11.3 Å². The number of para-hydroxylation sites is 1. The normalized spacial score (nSPS) is 11.0. The zero-order valence-corrected chi connectivity index (χ0v) is 9.45. The van der Waals surface area contributed by atoms with E-state index in [2.05, 4.69) is 21.9 Å². The molecule has 3 aromatic rings. The highest BCUT2D eigenvalue weighted by Gasteiger charge is 2.07. The van der Waals surface area contributed by atoms with Gasteiger partial charge >= 0.3 is 0 Å². The minimum Gasteiger partial charge on any atom is -0.382 e. The molecule has 2 aromatic heterocycles. The van der Waals surface area contributed by atoms with Crippen molar-refractivity contribution in [2.45, 2.75) is 6.54 Å². The van der Waals surface area contributed by atoms with Gasteiger partial charge in [-0.2, -0.15) is 16.4 Å². The van der Waals surface area contributed by atoms with Crippen LogP contribution in [0, 0.1) is 0 Å². The number of rotatable bonds is 2. The number of thiophene rings is 1. The Morgan fingerprint density at radius 3 is 2.94 bits per heavy atom. The maximum absolute atomic E-state index is 5.88. The zero-order chi connectivity index (χ0) is 11.0. The topological polar surface area (TPSA) is 43.8 Å². The number of benzene rings is 1. The molecule has 0 saturated carbocycles. The number of nitrogens with zero attached hydrogens (tertiary/aromatic N) is 2. The number of hydrogen-bond acceptors (Lipinski definition) is 3. The number of anilines is 1. The molecular formula is C12H11N3S. The fraction of sp³-hybridized carbons (Fsp3) is 0.0833. The molecule has 0 fully saturated rings. The summed E-state index contributed by atoms with van der Waals surface area (Å²) < 4.78 is 1.95. The minimum absolute atomic E-state index is 0.603. The minimum atomic E-state index is 0.603. The first-order valence-electron chi connectivity index (χ1n) is 5.07. The molecule has 4 heteroatoms. The molecule has 2 N–H and O–H groups in total.